The summed E-state index contributed by atoms with van der Waals surface area (Å²) in [5.41, 5.74) is 2.08. The summed E-state index contributed by atoms with van der Waals surface area (Å²) < 4.78 is 5.39. The molecule has 1 aromatic rings. The lowest BCUT2D eigenvalue weighted by molar-refractivity contribution is -0.680. The van der Waals surface area contributed by atoms with E-state index in [2.05, 4.69) is 27.7 Å². The average molecular weight is 346 g/mol. The van der Waals surface area contributed by atoms with Crippen molar-refractivity contribution in [3.8, 4) is 0 Å². The second-order valence-electron chi connectivity index (χ2n) is 7.24. The summed E-state index contributed by atoms with van der Waals surface area (Å²) in [6.45, 7) is 3.96. The molecule has 25 heavy (non-hydrogen) atoms. The Bertz CT molecular complexity index is 518. The first-order valence-corrected chi connectivity index (χ1v) is 9.87. The quantitative estimate of drug-likeness (QED) is 0.859. The van der Waals surface area contributed by atoms with Gasteiger partial charge in [0.2, 0.25) is 0 Å². The largest absolute Gasteiger partial charge is 0.378 e. The molecule has 138 valence electrons. The van der Waals surface area contributed by atoms with Crippen LogP contribution in [0.4, 0.5) is 11.4 Å². The minimum Gasteiger partial charge on any atom is -0.378 e. The zero-order valence-electron chi connectivity index (χ0n) is 15.2. The van der Waals surface area contributed by atoms with Crippen molar-refractivity contribution in [1.29, 1.82) is 0 Å². The number of nitrogens with zero attached hydrogens (tertiary/aromatic N) is 1. The molecule has 0 spiro atoms. The third kappa shape index (κ3) is 6.01. The van der Waals surface area contributed by atoms with Crippen LogP contribution in [0.2, 0.25) is 0 Å². The molecule has 1 aliphatic heterocycles. The van der Waals surface area contributed by atoms with E-state index >= 15 is 0 Å². The van der Waals surface area contributed by atoms with Gasteiger partial charge in [-0.2, -0.15) is 0 Å². The number of hydrogen-bond acceptors (Lipinski definition) is 3. The molecule has 0 aromatic heterocycles. The van der Waals surface area contributed by atoms with Gasteiger partial charge in [0.25, 0.3) is 5.91 Å². The number of morpholine rings is 1. The molecular weight excluding hydrogens is 314 g/mol. The minimum atomic E-state index is 0.0983. The smallest absolute Gasteiger partial charge is 0.279 e. The molecule has 5 heteroatoms. The predicted octanol–water partition coefficient (Wildman–Crippen LogP) is 2.14. The van der Waals surface area contributed by atoms with Gasteiger partial charge in [-0.1, -0.05) is 19.3 Å². The number of carbonyl (C=O) groups is 1. The Balaban J connectivity index is 1.42. The Kier molecular flexibility index (Phi) is 7.12. The number of ether oxygens (including phenoxy) is 1. The van der Waals surface area contributed by atoms with E-state index in [9.17, 15) is 4.79 Å². The summed E-state index contributed by atoms with van der Waals surface area (Å²) in [7, 11) is 0. The zero-order valence-corrected chi connectivity index (χ0v) is 15.2. The van der Waals surface area contributed by atoms with Crippen LogP contribution in [0.5, 0.6) is 0 Å². The molecule has 1 amide bonds. The standard InChI is InChI=1S/C20H31N3O2/c24-20(16-21-17-6-4-2-1-3-5-7-17)22-18-8-10-19(11-9-18)23-12-14-25-15-13-23/h8-11,17,21H,1-7,12-16H2,(H,22,24)/p+1. The fourth-order valence-electron chi connectivity index (χ4n) is 3.79. The first-order valence-electron chi connectivity index (χ1n) is 9.87. The Morgan fingerprint density at radius 2 is 1.68 bits per heavy atom. The lowest BCUT2D eigenvalue weighted by atomic mass is 9.97. The van der Waals surface area contributed by atoms with E-state index in [1.807, 2.05) is 12.1 Å². The first kappa shape index (κ1) is 18.2. The van der Waals surface area contributed by atoms with Crippen molar-refractivity contribution >= 4 is 17.3 Å². The number of nitrogens with two attached hydrogens (primary N) is 1. The monoisotopic (exact) mass is 346 g/mol. The van der Waals surface area contributed by atoms with E-state index in [-0.39, 0.29) is 5.91 Å². The molecule has 1 aromatic carbocycles. The molecule has 0 bridgehead atoms. The molecule has 0 atom stereocenters. The van der Waals surface area contributed by atoms with Gasteiger partial charge in [-0.25, -0.2) is 0 Å². The number of benzene rings is 1. The molecule has 1 heterocycles. The third-order valence-corrected chi connectivity index (χ3v) is 5.31. The Morgan fingerprint density at radius 1 is 1.04 bits per heavy atom. The van der Waals surface area contributed by atoms with E-state index in [4.69, 9.17) is 4.74 Å². The number of hydrogen-bond donors (Lipinski definition) is 2. The second kappa shape index (κ2) is 9.78. The fraction of sp³-hybridized carbons (Fsp3) is 0.650. The van der Waals surface area contributed by atoms with Crippen LogP contribution in [0.3, 0.4) is 0 Å². The van der Waals surface area contributed by atoms with Crippen LogP contribution in [-0.2, 0) is 9.53 Å². The number of carbonyl (C=O) groups excluding carboxylic acids is 1. The van der Waals surface area contributed by atoms with Gasteiger partial charge < -0.3 is 20.3 Å². The topological polar surface area (TPSA) is 58.2 Å². The van der Waals surface area contributed by atoms with Gasteiger partial charge in [-0.3, -0.25) is 4.79 Å². The molecular formula is C20H32N3O2+. The first-order chi connectivity index (χ1) is 12.3. The minimum absolute atomic E-state index is 0.0983. The van der Waals surface area contributed by atoms with Crippen LogP contribution >= 0.6 is 0 Å². The van der Waals surface area contributed by atoms with Crippen molar-refractivity contribution in [2.75, 3.05) is 43.1 Å². The summed E-state index contributed by atoms with van der Waals surface area (Å²) in [5.74, 6) is 0.0983. The maximum absolute atomic E-state index is 12.2. The van der Waals surface area contributed by atoms with E-state index in [0.29, 0.717) is 12.6 Å². The summed E-state index contributed by atoms with van der Waals surface area (Å²) >= 11 is 0. The SMILES string of the molecule is O=C(C[NH2+]C1CCCCCCC1)Nc1ccc(N2CCOCC2)cc1. The Morgan fingerprint density at radius 3 is 2.36 bits per heavy atom. The van der Waals surface area contributed by atoms with Crippen LogP contribution in [0.1, 0.15) is 44.9 Å². The molecule has 2 aliphatic rings. The molecule has 0 unspecified atom stereocenters. The average Bonchev–Trinajstić information content (AvgIpc) is 2.62. The van der Waals surface area contributed by atoms with E-state index in [0.717, 1.165) is 32.0 Å². The Hall–Kier alpha value is -1.59. The third-order valence-electron chi connectivity index (χ3n) is 5.31. The molecule has 3 rings (SSSR count). The second-order valence-corrected chi connectivity index (χ2v) is 7.24. The highest BCUT2D eigenvalue weighted by atomic mass is 16.5. The summed E-state index contributed by atoms with van der Waals surface area (Å²) in [5, 5.41) is 5.27. The molecule has 1 aliphatic carbocycles. The van der Waals surface area contributed by atoms with Crippen molar-refractivity contribution in [1.82, 2.24) is 0 Å². The van der Waals surface area contributed by atoms with E-state index in [1.54, 1.807) is 0 Å². The maximum atomic E-state index is 12.2. The predicted molar refractivity (Wildman–Crippen MR) is 101 cm³/mol. The van der Waals surface area contributed by atoms with Crippen molar-refractivity contribution in [3.63, 3.8) is 0 Å². The molecule has 2 fully saturated rings. The lowest BCUT2D eigenvalue weighted by Crippen LogP contribution is -2.91. The van der Waals surface area contributed by atoms with E-state index < -0.39 is 0 Å². The molecule has 0 radical (unpaired) electrons. The fourth-order valence-corrected chi connectivity index (χ4v) is 3.79. The zero-order chi connectivity index (χ0) is 17.3. The highest BCUT2D eigenvalue weighted by molar-refractivity contribution is 5.91. The molecule has 1 saturated heterocycles. The number of anilines is 2. The van der Waals surface area contributed by atoms with Crippen LogP contribution < -0.4 is 15.5 Å². The molecule has 5 nitrogen and oxygen atoms in total. The van der Waals surface area contributed by atoms with Crippen molar-refractivity contribution in [2.45, 2.75) is 51.0 Å². The van der Waals surface area contributed by atoms with Crippen LogP contribution in [-0.4, -0.2) is 44.8 Å². The number of rotatable bonds is 5. The van der Waals surface area contributed by atoms with Gasteiger partial charge in [-0.15, -0.1) is 0 Å². The van der Waals surface area contributed by atoms with Crippen molar-refractivity contribution in [2.24, 2.45) is 0 Å². The summed E-state index contributed by atoms with van der Waals surface area (Å²) in [6.07, 6.45) is 9.21. The van der Waals surface area contributed by atoms with Gasteiger partial charge in [0.1, 0.15) is 0 Å². The van der Waals surface area contributed by atoms with Crippen molar-refractivity contribution < 1.29 is 14.8 Å². The Labute approximate surface area is 151 Å². The normalized spacial score (nSPS) is 19.9. The highest BCUT2D eigenvalue weighted by Crippen LogP contribution is 2.19. The van der Waals surface area contributed by atoms with Gasteiger partial charge in [0.05, 0.1) is 19.3 Å². The van der Waals surface area contributed by atoms with Crippen LogP contribution in [0, 0.1) is 0 Å². The van der Waals surface area contributed by atoms with Gasteiger partial charge in [-0.05, 0) is 49.9 Å². The van der Waals surface area contributed by atoms with Crippen molar-refractivity contribution in [3.05, 3.63) is 24.3 Å². The maximum Gasteiger partial charge on any atom is 0.279 e. The van der Waals surface area contributed by atoms with E-state index in [1.165, 1.54) is 50.6 Å². The lowest BCUT2D eigenvalue weighted by Gasteiger charge is -2.28. The number of amides is 1. The molecule has 1 saturated carbocycles. The number of quaternary nitrogens is 1. The van der Waals surface area contributed by atoms with Crippen LogP contribution in [0.15, 0.2) is 24.3 Å². The summed E-state index contributed by atoms with van der Waals surface area (Å²) in [4.78, 5) is 14.5. The summed E-state index contributed by atoms with van der Waals surface area (Å²) in [6, 6.07) is 8.78. The van der Waals surface area contributed by atoms with Gasteiger partial charge in [0.15, 0.2) is 6.54 Å². The molecule has 3 N–H and O–H groups in total. The number of nitrogens with one attached hydrogen (secondary N) is 1. The van der Waals surface area contributed by atoms with Crippen LogP contribution in [0.25, 0.3) is 0 Å². The highest BCUT2D eigenvalue weighted by Gasteiger charge is 2.16. The van der Waals surface area contributed by atoms with Gasteiger partial charge in [0, 0.05) is 24.5 Å². The van der Waals surface area contributed by atoms with Gasteiger partial charge >= 0.3 is 0 Å².